The second kappa shape index (κ2) is 70.5. The molecule has 564 valence electrons. The molecule has 0 rings (SSSR count). The second-order valence-electron chi connectivity index (χ2n) is 27.4. The van der Waals surface area contributed by atoms with Crippen molar-refractivity contribution in [3.63, 3.8) is 0 Å². The first kappa shape index (κ1) is 93.1. The minimum Gasteiger partial charge on any atom is -0.462 e. The number of esters is 4. The van der Waals surface area contributed by atoms with Crippen LogP contribution in [0, 0.1) is 0 Å². The molecule has 0 aromatic heterocycles. The largest absolute Gasteiger partial charge is 0.472 e. The van der Waals surface area contributed by atoms with Gasteiger partial charge in [-0.15, -0.1) is 0 Å². The number of carbonyl (C=O) groups is 4. The van der Waals surface area contributed by atoms with Gasteiger partial charge in [0.25, 0.3) is 0 Å². The number of rotatable bonds is 77. The Labute approximate surface area is 581 Å². The summed E-state index contributed by atoms with van der Waals surface area (Å²) in [5.74, 6) is -2.11. The molecule has 0 heterocycles. The lowest BCUT2D eigenvalue weighted by atomic mass is 10.0. The molecule has 0 aliphatic rings. The van der Waals surface area contributed by atoms with Crippen LogP contribution in [-0.4, -0.2) is 96.7 Å². The molecule has 0 saturated heterocycles. The molecule has 0 fully saturated rings. The second-order valence-corrected chi connectivity index (χ2v) is 30.3. The molecule has 0 aliphatic heterocycles. The van der Waals surface area contributed by atoms with Gasteiger partial charge in [0.05, 0.1) is 26.4 Å². The van der Waals surface area contributed by atoms with Gasteiger partial charge in [0, 0.05) is 25.7 Å². The lowest BCUT2D eigenvalue weighted by Crippen LogP contribution is -2.30. The van der Waals surface area contributed by atoms with E-state index in [0.29, 0.717) is 25.7 Å². The van der Waals surface area contributed by atoms with E-state index in [1.807, 2.05) is 0 Å². The van der Waals surface area contributed by atoms with Crippen molar-refractivity contribution in [3.8, 4) is 0 Å². The summed E-state index contributed by atoms with van der Waals surface area (Å²) in [6.07, 6.45) is 61.2. The number of aliphatic hydroxyl groups is 1. The Balaban J connectivity index is 5.15. The highest BCUT2D eigenvalue weighted by atomic mass is 31.2. The SMILES string of the molecule is CCCCCCCCCCCCCCCCCCCCCCCCC(=O)O[C@H](COC(=O)CCCCCCCCCCCCCCC)COP(=O)(O)OC[C@@H](O)COP(=O)(O)OC[C@@H](COC(=O)CCCCCCCCCC)OC(=O)CCCCCCCCCCCCCC. The fraction of sp³-hybridized carbons (Fsp3) is 0.947. The Morgan fingerprint density at radius 1 is 0.253 bits per heavy atom. The molecule has 0 aliphatic carbocycles. The van der Waals surface area contributed by atoms with Crippen molar-refractivity contribution >= 4 is 39.5 Å². The molecule has 19 heteroatoms. The molecule has 0 bridgehead atoms. The van der Waals surface area contributed by atoms with Crippen molar-refractivity contribution in [3.05, 3.63) is 0 Å². The molecule has 0 radical (unpaired) electrons. The van der Waals surface area contributed by atoms with Gasteiger partial charge in [-0.3, -0.25) is 37.3 Å². The van der Waals surface area contributed by atoms with Gasteiger partial charge in [0.2, 0.25) is 0 Å². The summed E-state index contributed by atoms with van der Waals surface area (Å²) >= 11 is 0. The molecular weight excluding hydrogens is 1250 g/mol. The zero-order valence-electron chi connectivity index (χ0n) is 61.6. The first-order valence-corrected chi connectivity index (χ1v) is 42.8. The summed E-state index contributed by atoms with van der Waals surface area (Å²) in [6.45, 7) is 4.96. The molecule has 17 nitrogen and oxygen atoms in total. The van der Waals surface area contributed by atoms with E-state index >= 15 is 0 Å². The van der Waals surface area contributed by atoms with Gasteiger partial charge < -0.3 is 33.8 Å². The van der Waals surface area contributed by atoms with Crippen molar-refractivity contribution in [2.75, 3.05) is 39.6 Å². The van der Waals surface area contributed by atoms with E-state index in [9.17, 15) is 43.2 Å². The van der Waals surface area contributed by atoms with E-state index in [0.717, 1.165) is 89.9 Å². The van der Waals surface area contributed by atoms with Crippen molar-refractivity contribution in [2.45, 2.75) is 425 Å². The third kappa shape index (κ3) is 70.3. The zero-order chi connectivity index (χ0) is 69.7. The van der Waals surface area contributed by atoms with Crippen molar-refractivity contribution in [1.29, 1.82) is 0 Å². The van der Waals surface area contributed by atoms with Crippen LogP contribution in [0.5, 0.6) is 0 Å². The molecule has 95 heavy (non-hydrogen) atoms. The Morgan fingerprint density at radius 2 is 0.421 bits per heavy atom. The Morgan fingerprint density at radius 3 is 0.621 bits per heavy atom. The number of phosphoric ester groups is 2. The molecule has 2 unspecified atom stereocenters. The van der Waals surface area contributed by atoms with Crippen LogP contribution in [0.15, 0.2) is 0 Å². The Hall–Kier alpha value is -1.94. The highest BCUT2D eigenvalue weighted by molar-refractivity contribution is 7.47. The maximum absolute atomic E-state index is 13.1. The molecule has 0 aromatic carbocycles. The standard InChI is InChI=1S/C76H148O17P2/c1-5-9-13-17-21-25-28-31-32-33-34-35-36-37-38-39-41-44-47-51-55-59-63-76(81)93-72(67-87-74(79)61-57-53-49-45-43-40-29-26-22-18-14-10-6-2)69-91-95(84,85)89-65-70(77)64-88-94(82,83)90-68-71(66-86-73(78)60-56-52-48-24-20-16-12-8-4)92-75(80)62-58-54-50-46-42-30-27-23-19-15-11-7-3/h70-72,77H,5-69H2,1-4H3,(H,82,83)(H,84,85)/t70-,71+,72+/m0/s1. The van der Waals surface area contributed by atoms with Gasteiger partial charge in [-0.2, -0.15) is 0 Å². The molecule has 0 spiro atoms. The van der Waals surface area contributed by atoms with Crippen LogP contribution in [-0.2, 0) is 65.4 Å². The fourth-order valence-electron chi connectivity index (χ4n) is 11.8. The van der Waals surface area contributed by atoms with E-state index in [1.165, 1.54) is 238 Å². The number of hydrogen-bond donors (Lipinski definition) is 3. The van der Waals surface area contributed by atoms with E-state index in [-0.39, 0.29) is 25.7 Å². The monoisotopic (exact) mass is 1400 g/mol. The number of hydrogen-bond acceptors (Lipinski definition) is 15. The topological polar surface area (TPSA) is 237 Å². The quantitative estimate of drug-likeness (QED) is 0.0222. The summed E-state index contributed by atoms with van der Waals surface area (Å²) in [6, 6.07) is 0. The molecule has 3 N–H and O–H groups in total. The van der Waals surface area contributed by atoms with Gasteiger partial charge in [-0.25, -0.2) is 9.13 Å². The summed E-state index contributed by atoms with van der Waals surface area (Å²) < 4.78 is 68.4. The van der Waals surface area contributed by atoms with Gasteiger partial charge in [0.15, 0.2) is 12.2 Å². The lowest BCUT2D eigenvalue weighted by molar-refractivity contribution is -0.161. The highest BCUT2D eigenvalue weighted by Crippen LogP contribution is 2.45. The van der Waals surface area contributed by atoms with Crippen molar-refractivity contribution < 1.29 is 80.2 Å². The van der Waals surface area contributed by atoms with E-state index < -0.39 is 97.5 Å². The van der Waals surface area contributed by atoms with Crippen LogP contribution in [0.3, 0.4) is 0 Å². The molecule has 0 saturated carbocycles. The zero-order valence-corrected chi connectivity index (χ0v) is 63.4. The number of phosphoric acid groups is 2. The first-order chi connectivity index (χ1) is 46.2. The maximum atomic E-state index is 13.1. The summed E-state index contributed by atoms with van der Waals surface area (Å²) in [4.78, 5) is 72.7. The normalized spacial score (nSPS) is 13.9. The number of ether oxygens (including phenoxy) is 4. The van der Waals surface area contributed by atoms with Gasteiger partial charge in [0.1, 0.15) is 19.3 Å². The average molecular weight is 1400 g/mol. The smallest absolute Gasteiger partial charge is 0.462 e. The van der Waals surface area contributed by atoms with Gasteiger partial charge in [-0.1, -0.05) is 355 Å². The van der Waals surface area contributed by atoms with E-state index in [2.05, 4.69) is 27.7 Å². The van der Waals surface area contributed by atoms with Gasteiger partial charge >= 0.3 is 39.5 Å². The van der Waals surface area contributed by atoms with Crippen LogP contribution in [0.1, 0.15) is 407 Å². The first-order valence-electron chi connectivity index (χ1n) is 39.8. The molecular formula is C76H148O17P2. The Kier molecular flexibility index (Phi) is 69.1. The predicted octanol–water partition coefficient (Wildman–Crippen LogP) is 22.6. The minimum absolute atomic E-state index is 0.108. The average Bonchev–Trinajstić information content (AvgIpc) is 1.42. The van der Waals surface area contributed by atoms with E-state index in [4.69, 9.17) is 37.0 Å². The number of aliphatic hydroxyl groups excluding tert-OH is 1. The molecule has 0 aromatic rings. The lowest BCUT2D eigenvalue weighted by Gasteiger charge is -2.21. The van der Waals surface area contributed by atoms with Crippen molar-refractivity contribution in [2.24, 2.45) is 0 Å². The van der Waals surface area contributed by atoms with Gasteiger partial charge in [-0.05, 0) is 25.7 Å². The fourth-order valence-corrected chi connectivity index (χ4v) is 13.3. The summed E-state index contributed by atoms with van der Waals surface area (Å²) in [7, 11) is -9.90. The molecule has 0 amide bonds. The van der Waals surface area contributed by atoms with Crippen LogP contribution in [0.25, 0.3) is 0 Å². The summed E-state index contributed by atoms with van der Waals surface area (Å²) in [5, 5.41) is 10.6. The van der Waals surface area contributed by atoms with Crippen LogP contribution in [0.2, 0.25) is 0 Å². The van der Waals surface area contributed by atoms with Crippen LogP contribution in [0.4, 0.5) is 0 Å². The molecule has 5 atom stereocenters. The minimum atomic E-state index is -4.95. The predicted molar refractivity (Wildman–Crippen MR) is 386 cm³/mol. The van der Waals surface area contributed by atoms with Crippen molar-refractivity contribution in [1.82, 2.24) is 0 Å². The summed E-state index contributed by atoms with van der Waals surface area (Å²) in [5.41, 5.74) is 0. The number of unbranched alkanes of at least 4 members (excludes halogenated alkanes) is 51. The van der Waals surface area contributed by atoms with Crippen LogP contribution >= 0.6 is 15.6 Å². The van der Waals surface area contributed by atoms with Crippen LogP contribution < -0.4 is 0 Å². The number of carbonyl (C=O) groups excluding carboxylic acids is 4. The highest BCUT2D eigenvalue weighted by Gasteiger charge is 2.30. The third-order valence-electron chi connectivity index (χ3n) is 17.9. The third-order valence-corrected chi connectivity index (χ3v) is 19.8. The Bertz CT molecular complexity index is 1810. The van der Waals surface area contributed by atoms with E-state index in [1.54, 1.807) is 0 Å². The maximum Gasteiger partial charge on any atom is 0.472 e.